The molecule has 1 atom stereocenters. The molecule has 0 amide bonds. The topological polar surface area (TPSA) is 38.7 Å². The number of unbranched alkanes of at least 4 members (excludes halogenated alkanes) is 2. The Morgan fingerprint density at radius 3 is 2.38 bits per heavy atom. The minimum Gasteiger partial charge on any atom is -0.400 e. The molecule has 3 nitrogen and oxygen atoms in total. The Hall–Kier alpha value is -0.575. The highest BCUT2D eigenvalue weighted by atomic mass is 16.7. The fourth-order valence-corrected chi connectivity index (χ4v) is 3.22. The predicted molar refractivity (Wildman–Crippen MR) is 101 cm³/mol. The van der Waals surface area contributed by atoms with Gasteiger partial charge in [-0.15, -0.1) is 0 Å². The lowest BCUT2D eigenvalue weighted by molar-refractivity contribution is 0.00578. The van der Waals surface area contributed by atoms with Crippen molar-refractivity contribution >= 4 is 7.12 Å². The molecule has 24 heavy (non-hydrogen) atoms. The summed E-state index contributed by atoms with van der Waals surface area (Å²) in [6.45, 7) is 10.6. The van der Waals surface area contributed by atoms with Crippen LogP contribution in [0.1, 0.15) is 86.0 Å². The van der Waals surface area contributed by atoms with Crippen molar-refractivity contribution in [2.75, 3.05) is 0 Å². The largest absolute Gasteiger partial charge is 0.490 e. The average molecular weight is 334 g/mol. The first-order valence-corrected chi connectivity index (χ1v) is 9.65. The SMILES string of the molecule is CCCCCC(O)C/C=C1/CC=C(B2OC(C)(C)C(C)(C)O2)CC1. The van der Waals surface area contributed by atoms with Crippen LogP contribution in [-0.4, -0.2) is 29.5 Å². The van der Waals surface area contributed by atoms with Gasteiger partial charge in [-0.1, -0.05) is 43.9 Å². The number of rotatable bonds is 7. The van der Waals surface area contributed by atoms with Crippen molar-refractivity contribution in [1.29, 1.82) is 0 Å². The molecule has 1 heterocycles. The van der Waals surface area contributed by atoms with Gasteiger partial charge < -0.3 is 14.4 Å². The molecule has 1 unspecified atom stereocenters. The predicted octanol–water partition coefficient (Wildman–Crippen LogP) is 4.99. The first-order valence-electron chi connectivity index (χ1n) is 9.65. The quantitative estimate of drug-likeness (QED) is 0.405. The Morgan fingerprint density at radius 1 is 1.17 bits per heavy atom. The van der Waals surface area contributed by atoms with Crippen molar-refractivity contribution in [2.24, 2.45) is 0 Å². The van der Waals surface area contributed by atoms with Gasteiger partial charge in [0.2, 0.25) is 0 Å². The van der Waals surface area contributed by atoms with Crippen LogP contribution in [0.25, 0.3) is 0 Å². The van der Waals surface area contributed by atoms with E-state index >= 15 is 0 Å². The summed E-state index contributed by atoms with van der Waals surface area (Å²) in [5.41, 5.74) is 2.17. The van der Waals surface area contributed by atoms with Crippen molar-refractivity contribution in [1.82, 2.24) is 0 Å². The van der Waals surface area contributed by atoms with Crippen LogP contribution >= 0.6 is 0 Å². The van der Waals surface area contributed by atoms with Gasteiger partial charge in [0.05, 0.1) is 17.3 Å². The molecule has 0 bridgehead atoms. The standard InChI is InChI=1S/C20H35BO3/c1-6-7-8-9-18(22)15-12-16-10-13-17(14-11-16)21-23-19(2,3)20(4,5)24-21/h12-13,18,22H,6-11,14-15H2,1-5H3/b16-12-. The third-order valence-electron chi connectivity index (χ3n) is 5.74. The number of aliphatic hydroxyl groups excluding tert-OH is 1. The van der Waals surface area contributed by atoms with Crippen LogP contribution in [0.4, 0.5) is 0 Å². The second-order valence-corrected chi connectivity index (χ2v) is 8.32. The van der Waals surface area contributed by atoms with Gasteiger partial charge in [-0.2, -0.15) is 0 Å². The van der Waals surface area contributed by atoms with Gasteiger partial charge in [0, 0.05) is 0 Å². The van der Waals surface area contributed by atoms with Crippen molar-refractivity contribution in [3.8, 4) is 0 Å². The lowest BCUT2D eigenvalue weighted by Crippen LogP contribution is -2.41. The summed E-state index contributed by atoms with van der Waals surface area (Å²) in [5, 5.41) is 10.0. The average Bonchev–Trinajstić information content (AvgIpc) is 2.74. The number of allylic oxidation sites excluding steroid dienone is 3. The summed E-state index contributed by atoms with van der Waals surface area (Å²) in [6.07, 6.45) is 12.6. The second-order valence-electron chi connectivity index (χ2n) is 8.32. The highest BCUT2D eigenvalue weighted by Crippen LogP contribution is 2.40. The molecule has 0 saturated carbocycles. The smallest absolute Gasteiger partial charge is 0.400 e. The van der Waals surface area contributed by atoms with E-state index in [1.165, 1.54) is 23.9 Å². The maximum absolute atomic E-state index is 10.0. The first kappa shape index (κ1) is 19.7. The molecule has 2 aliphatic rings. The Labute approximate surface area is 148 Å². The number of aliphatic hydroxyl groups is 1. The Morgan fingerprint density at radius 2 is 1.83 bits per heavy atom. The molecular formula is C20H35BO3. The molecule has 4 heteroatoms. The van der Waals surface area contributed by atoms with E-state index < -0.39 is 0 Å². The molecule has 1 aliphatic heterocycles. The van der Waals surface area contributed by atoms with E-state index in [-0.39, 0.29) is 24.4 Å². The van der Waals surface area contributed by atoms with Crippen LogP contribution in [-0.2, 0) is 9.31 Å². The number of hydrogen-bond acceptors (Lipinski definition) is 3. The Balaban J connectivity index is 1.83. The summed E-state index contributed by atoms with van der Waals surface area (Å²) < 4.78 is 12.3. The van der Waals surface area contributed by atoms with Crippen molar-refractivity contribution in [3.05, 3.63) is 23.2 Å². The molecule has 1 saturated heterocycles. The lowest BCUT2D eigenvalue weighted by atomic mass is 9.71. The highest BCUT2D eigenvalue weighted by Gasteiger charge is 2.52. The molecule has 0 spiro atoms. The van der Waals surface area contributed by atoms with Gasteiger partial charge in [0.15, 0.2) is 0 Å². The molecule has 0 aromatic carbocycles. The van der Waals surface area contributed by atoms with Crippen LogP contribution < -0.4 is 0 Å². The highest BCUT2D eigenvalue weighted by molar-refractivity contribution is 6.54. The van der Waals surface area contributed by atoms with Crippen molar-refractivity contribution < 1.29 is 14.4 Å². The summed E-state index contributed by atoms with van der Waals surface area (Å²) in [4.78, 5) is 0. The van der Waals surface area contributed by atoms with E-state index in [1.54, 1.807) is 0 Å². The van der Waals surface area contributed by atoms with Crippen molar-refractivity contribution in [3.63, 3.8) is 0 Å². The van der Waals surface area contributed by atoms with E-state index in [0.717, 1.165) is 38.5 Å². The third-order valence-corrected chi connectivity index (χ3v) is 5.74. The molecule has 2 rings (SSSR count). The minimum atomic E-state index is -0.267. The van der Waals surface area contributed by atoms with E-state index in [4.69, 9.17) is 9.31 Å². The fraction of sp³-hybridized carbons (Fsp3) is 0.800. The van der Waals surface area contributed by atoms with Gasteiger partial charge in [-0.25, -0.2) is 0 Å². The monoisotopic (exact) mass is 334 g/mol. The maximum atomic E-state index is 10.0. The van der Waals surface area contributed by atoms with Crippen LogP contribution in [0.2, 0.25) is 0 Å². The van der Waals surface area contributed by atoms with Crippen LogP contribution in [0.15, 0.2) is 23.2 Å². The fourth-order valence-electron chi connectivity index (χ4n) is 3.22. The Bertz CT molecular complexity index is 463. The summed E-state index contributed by atoms with van der Waals surface area (Å²) in [7, 11) is -0.198. The normalized spacial score (nSPS) is 25.8. The van der Waals surface area contributed by atoms with Crippen LogP contribution in [0.3, 0.4) is 0 Å². The third kappa shape index (κ3) is 4.97. The zero-order valence-corrected chi connectivity index (χ0v) is 16.2. The van der Waals surface area contributed by atoms with E-state index in [2.05, 4.69) is 46.8 Å². The molecule has 1 aliphatic carbocycles. The zero-order valence-electron chi connectivity index (χ0n) is 16.2. The van der Waals surface area contributed by atoms with Gasteiger partial charge >= 0.3 is 7.12 Å². The molecule has 1 fully saturated rings. The molecule has 0 radical (unpaired) electrons. The van der Waals surface area contributed by atoms with E-state index in [1.807, 2.05) is 0 Å². The van der Waals surface area contributed by atoms with Gasteiger partial charge in [0.1, 0.15) is 0 Å². The van der Waals surface area contributed by atoms with Crippen LogP contribution in [0.5, 0.6) is 0 Å². The molecule has 0 aromatic heterocycles. The van der Waals surface area contributed by atoms with E-state index in [9.17, 15) is 5.11 Å². The maximum Gasteiger partial charge on any atom is 0.490 e. The van der Waals surface area contributed by atoms with Crippen molar-refractivity contribution in [2.45, 2.75) is 103 Å². The number of hydrogen-bond donors (Lipinski definition) is 1. The van der Waals surface area contributed by atoms with Gasteiger partial charge in [-0.3, -0.25) is 0 Å². The summed E-state index contributed by atoms with van der Waals surface area (Å²) >= 11 is 0. The van der Waals surface area contributed by atoms with E-state index in [0.29, 0.717) is 0 Å². The summed E-state index contributed by atoms with van der Waals surface area (Å²) in [5.74, 6) is 0. The molecule has 0 aromatic rings. The summed E-state index contributed by atoms with van der Waals surface area (Å²) in [6, 6.07) is 0. The minimum absolute atomic E-state index is 0.183. The van der Waals surface area contributed by atoms with Crippen LogP contribution in [0, 0.1) is 0 Å². The molecule has 136 valence electrons. The molecule has 1 N–H and O–H groups in total. The second kappa shape index (κ2) is 8.20. The first-order chi connectivity index (χ1) is 11.2. The van der Waals surface area contributed by atoms with Gasteiger partial charge in [0.25, 0.3) is 0 Å². The lowest BCUT2D eigenvalue weighted by Gasteiger charge is -2.32. The van der Waals surface area contributed by atoms with Gasteiger partial charge in [-0.05, 0) is 65.3 Å². The Kier molecular flexibility index (Phi) is 6.75. The zero-order chi connectivity index (χ0) is 17.8. The molecular weight excluding hydrogens is 299 g/mol.